The van der Waals surface area contributed by atoms with Gasteiger partial charge in [0.1, 0.15) is 5.82 Å². The summed E-state index contributed by atoms with van der Waals surface area (Å²) in [5, 5.41) is 0. The molecule has 15 heavy (non-hydrogen) atoms. The lowest BCUT2D eigenvalue weighted by Crippen LogP contribution is -2.29. The molecule has 1 heterocycles. The van der Waals surface area contributed by atoms with Gasteiger partial charge in [0.2, 0.25) is 0 Å². The third-order valence-electron chi connectivity index (χ3n) is 2.85. The molecule has 2 N–H and O–H groups in total. The van der Waals surface area contributed by atoms with Crippen LogP contribution in [0.4, 0.5) is 5.82 Å². The predicted molar refractivity (Wildman–Crippen MR) is 64.5 cm³/mol. The van der Waals surface area contributed by atoms with Crippen LogP contribution in [0.2, 0.25) is 0 Å². The first-order valence-electron chi connectivity index (χ1n) is 5.58. The van der Waals surface area contributed by atoms with Crippen molar-refractivity contribution < 1.29 is 0 Å². The summed E-state index contributed by atoms with van der Waals surface area (Å²) in [7, 11) is 2.16. The Hall–Kier alpha value is -1.09. The van der Waals surface area contributed by atoms with Crippen LogP contribution in [-0.4, -0.2) is 23.0 Å². The quantitative estimate of drug-likeness (QED) is 0.805. The monoisotopic (exact) mass is 207 g/mol. The fourth-order valence-electron chi connectivity index (χ4n) is 1.86. The Bertz CT molecular complexity index is 277. The molecular formula is C12H21N3. The summed E-state index contributed by atoms with van der Waals surface area (Å²) in [6, 6.07) is 4.56. The molecule has 0 aliphatic rings. The first-order valence-corrected chi connectivity index (χ1v) is 5.58. The van der Waals surface area contributed by atoms with Crippen LogP contribution in [0.25, 0.3) is 0 Å². The second-order valence-electron chi connectivity index (χ2n) is 3.98. The molecule has 0 radical (unpaired) electrons. The molecule has 0 saturated heterocycles. The zero-order valence-electron chi connectivity index (χ0n) is 9.90. The molecule has 1 aromatic rings. The summed E-state index contributed by atoms with van der Waals surface area (Å²) in [4.78, 5) is 6.46. The lowest BCUT2D eigenvalue weighted by Gasteiger charge is -2.25. The van der Waals surface area contributed by atoms with E-state index in [4.69, 9.17) is 5.73 Å². The number of rotatable bonds is 5. The van der Waals surface area contributed by atoms with E-state index in [0.29, 0.717) is 11.9 Å². The van der Waals surface area contributed by atoms with E-state index in [1.165, 1.54) is 18.4 Å². The van der Waals surface area contributed by atoms with Crippen LogP contribution >= 0.6 is 0 Å². The molecule has 84 valence electrons. The highest BCUT2D eigenvalue weighted by molar-refractivity contribution is 5.29. The lowest BCUT2D eigenvalue weighted by atomic mass is 10.1. The zero-order chi connectivity index (χ0) is 11.3. The van der Waals surface area contributed by atoms with Gasteiger partial charge in [-0.3, -0.25) is 4.90 Å². The van der Waals surface area contributed by atoms with Crippen molar-refractivity contribution in [3.63, 3.8) is 0 Å². The van der Waals surface area contributed by atoms with Crippen LogP contribution in [0, 0.1) is 0 Å². The van der Waals surface area contributed by atoms with Gasteiger partial charge in [-0.25, -0.2) is 4.98 Å². The predicted octanol–water partition coefficient (Wildman–Crippen LogP) is 2.28. The fourth-order valence-corrected chi connectivity index (χ4v) is 1.86. The van der Waals surface area contributed by atoms with Crippen LogP contribution in [0.3, 0.4) is 0 Å². The third-order valence-corrected chi connectivity index (χ3v) is 2.85. The van der Waals surface area contributed by atoms with E-state index in [0.717, 1.165) is 6.54 Å². The molecule has 3 heteroatoms. The van der Waals surface area contributed by atoms with Gasteiger partial charge in [-0.15, -0.1) is 0 Å². The Labute approximate surface area is 92.3 Å². The molecule has 0 spiro atoms. The normalized spacial score (nSPS) is 11.3. The van der Waals surface area contributed by atoms with Gasteiger partial charge >= 0.3 is 0 Å². The van der Waals surface area contributed by atoms with Gasteiger partial charge in [-0.1, -0.05) is 19.9 Å². The van der Waals surface area contributed by atoms with Gasteiger partial charge in [-0.05, 0) is 31.5 Å². The molecule has 0 aliphatic heterocycles. The van der Waals surface area contributed by atoms with Crippen molar-refractivity contribution in [3.8, 4) is 0 Å². The number of hydrogen-bond donors (Lipinski definition) is 1. The second kappa shape index (κ2) is 5.71. The van der Waals surface area contributed by atoms with E-state index in [-0.39, 0.29) is 0 Å². The second-order valence-corrected chi connectivity index (χ2v) is 3.98. The summed E-state index contributed by atoms with van der Waals surface area (Å²) in [5.41, 5.74) is 6.77. The zero-order valence-corrected chi connectivity index (χ0v) is 9.90. The highest BCUT2D eigenvalue weighted by atomic mass is 15.1. The third kappa shape index (κ3) is 3.51. The Morgan fingerprint density at radius 2 is 2.00 bits per heavy atom. The van der Waals surface area contributed by atoms with Gasteiger partial charge < -0.3 is 5.73 Å². The molecule has 0 unspecified atom stereocenters. The lowest BCUT2D eigenvalue weighted by molar-refractivity contribution is 0.221. The van der Waals surface area contributed by atoms with Gasteiger partial charge in [0.15, 0.2) is 0 Å². The molecule has 0 aromatic carbocycles. The topological polar surface area (TPSA) is 42.1 Å². The number of nitrogen functional groups attached to an aromatic ring is 1. The number of pyridine rings is 1. The van der Waals surface area contributed by atoms with Crippen LogP contribution in [0.5, 0.6) is 0 Å². The molecule has 0 amide bonds. The minimum absolute atomic E-state index is 0.587. The van der Waals surface area contributed by atoms with Crippen molar-refractivity contribution in [1.82, 2.24) is 9.88 Å². The van der Waals surface area contributed by atoms with Gasteiger partial charge in [0.25, 0.3) is 0 Å². The van der Waals surface area contributed by atoms with E-state index in [9.17, 15) is 0 Å². The van der Waals surface area contributed by atoms with Gasteiger partial charge in [0.05, 0.1) is 0 Å². The maximum Gasteiger partial charge on any atom is 0.123 e. The molecule has 0 atom stereocenters. The minimum atomic E-state index is 0.587. The highest BCUT2D eigenvalue weighted by Crippen LogP contribution is 2.11. The average Bonchev–Trinajstić information content (AvgIpc) is 2.23. The Morgan fingerprint density at radius 1 is 1.33 bits per heavy atom. The largest absolute Gasteiger partial charge is 0.384 e. The number of hydrogen-bond acceptors (Lipinski definition) is 3. The number of anilines is 1. The van der Waals surface area contributed by atoms with Crippen molar-refractivity contribution in [2.45, 2.75) is 39.3 Å². The van der Waals surface area contributed by atoms with E-state index in [2.05, 4.69) is 30.8 Å². The van der Waals surface area contributed by atoms with Gasteiger partial charge in [0, 0.05) is 18.8 Å². The summed E-state index contributed by atoms with van der Waals surface area (Å²) in [6.45, 7) is 5.40. The van der Waals surface area contributed by atoms with Crippen LogP contribution in [-0.2, 0) is 6.54 Å². The first-order chi connectivity index (χ1) is 7.17. The molecule has 0 bridgehead atoms. The number of nitrogens with zero attached hydrogens (tertiary/aromatic N) is 2. The Kier molecular flexibility index (Phi) is 4.56. The molecule has 0 saturated carbocycles. The first kappa shape index (κ1) is 12.0. The maximum atomic E-state index is 5.54. The van der Waals surface area contributed by atoms with Gasteiger partial charge in [-0.2, -0.15) is 0 Å². The maximum absolute atomic E-state index is 5.54. The highest BCUT2D eigenvalue weighted by Gasteiger charge is 2.10. The van der Waals surface area contributed by atoms with Crippen molar-refractivity contribution in [3.05, 3.63) is 23.9 Å². The SMILES string of the molecule is CCC(CC)N(C)Cc1ccc(N)nc1. The Balaban J connectivity index is 2.57. The summed E-state index contributed by atoms with van der Waals surface area (Å²) < 4.78 is 0. The average molecular weight is 207 g/mol. The minimum Gasteiger partial charge on any atom is -0.384 e. The smallest absolute Gasteiger partial charge is 0.123 e. The van der Waals surface area contributed by atoms with Crippen molar-refractivity contribution in [2.75, 3.05) is 12.8 Å². The fraction of sp³-hybridized carbons (Fsp3) is 0.583. The molecular weight excluding hydrogens is 186 g/mol. The molecule has 0 fully saturated rings. The molecule has 3 nitrogen and oxygen atoms in total. The summed E-state index contributed by atoms with van der Waals surface area (Å²) >= 11 is 0. The summed E-state index contributed by atoms with van der Waals surface area (Å²) in [6.07, 6.45) is 4.24. The number of nitrogens with two attached hydrogens (primary N) is 1. The van der Waals surface area contributed by atoms with Crippen molar-refractivity contribution in [1.29, 1.82) is 0 Å². The van der Waals surface area contributed by atoms with Crippen LogP contribution in [0.15, 0.2) is 18.3 Å². The van der Waals surface area contributed by atoms with Crippen molar-refractivity contribution >= 4 is 5.82 Å². The number of aromatic nitrogens is 1. The molecule has 1 rings (SSSR count). The molecule has 1 aromatic heterocycles. The van der Waals surface area contributed by atoms with Crippen LogP contribution < -0.4 is 5.73 Å². The van der Waals surface area contributed by atoms with E-state index >= 15 is 0 Å². The van der Waals surface area contributed by atoms with E-state index < -0.39 is 0 Å². The standard InChI is InChI=1S/C12H21N3/c1-4-11(5-2)15(3)9-10-6-7-12(13)14-8-10/h6-8,11H,4-5,9H2,1-3H3,(H2,13,14). The van der Waals surface area contributed by atoms with E-state index in [1.54, 1.807) is 0 Å². The summed E-state index contributed by atoms with van der Waals surface area (Å²) in [5.74, 6) is 0.587. The molecule has 0 aliphatic carbocycles. The van der Waals surface area contributed by atoms with E-state index in [1.807, 2.05) is 18.3 Å². The Morgan fingerprint density at radius 3 is 2.47 bits per heavy atom. The van der Waals surface area contributed by atoms with Crippen LogP contribution in [0.1, 0.15) is 32.3 Å². The van der Waals surface area contributed by atoms with Crippen molar-refractivity contribution in [2.24, 2.45) is 0 Å².